The van der Waals surface area contributed by atoms with E-state index in [-0.39, 0.29) is 11.7 Å². The second-order valence-electron chi connectivity index (χ2n) is 7.33. The van der Waals surface area contributed by atoms with Gasteiger partial charge in [0.25, 0.3) is 5.91 Å². The van der Waals surface area contributed by atoms with Crippen molar-refractivity contribution < 1.29 is 14.6 Å². The number of aryl methyl sites for hydroxylation is 1. The average molecular weight is 464 g/mol. The third kappa shape index (κ3) is 3.73. The maximum absolute atomic E-state index is 13.2. The molecular weight excluding hydrogens is 442 g/mol. The molecule has 4 rings (SSSR count). The van der Waals surface area contributed by atoms with E-state index in [1.54, 1.807) is 12.0 Å². The number of nitrogens with zero attached hydrogens (tertiary/aromatic N) is 1. The topological polar surface area (TPSA) is 49.8 Å². The van der Waals surface area contributed by atoms with Crippen LogP contribution >= 0.6 is 15.9 Å². The molecule has 152 valence electrons. The molecule has 0 aromatic heterocycles. The Balaban J connectivity index is 1.81. The largest absolute Gasteiger partial charge is 0.503 e. The molecule has 0 spiro atoms. The molecule has 1 amide bonds. The molecule has 5 heteroatoms. The number of rotatable bonds is 5. The fourth-order valence-electron chi connectivity index (χ4n) is 3.79. The highest BCUT2D eigenvalue weighted by atomic mass is 79.9. The molecule has 0 fully saturated rings. The molecule has 0 saturated carbocycles. The van der Waals surface area contributed by atoms with Crippen molar-refractivity contribution in [3.8, 4) is 5.75 Å². The van der Waals surface area contributed by atoms with Gasteiger partial charge in [0.05, 0.1) is 13.2 Å². The monoisotopic (exact) mass is 463 g/mol. The highest BCUT2D eigenvalue weighted by molar-refractivity contribution is 9.10. The summed E-state index contributed by atoms with van der Waals surface area (Å²) in [5, 5.41) is 10.9. The Morgan fingerprint density at radius 2 is 1.67 bits per heavy atom. The molecule has 3 aromatic carbocycles. The van der Waals surface area contributed by atoms with Crippen LogP contribution < -0.4 is 4.74 Å². The molecule has 1 unspecified atom stereocenters. The second-order valence-corrected chi connectivity index (χ2v) is 8.19. The zero-order chi connectivity index (χ0) is 21.3. The van der Waals surface area contributed by atoms with E-state index in [1.165, 1.54) is 0 Å². The quantitative estimate of drug-likeness (QED) is 0.518. The standard InChI is InChI=1S/C25H22BrNO3/c1-16-7-9-17(10-8-16)15-27-23(20-5-3-4-6-21(20)26)22(24(28)25(27)29)18-11-13-19(30-2)14-12-18/h3-14,23,28H,15H2,1-2H3. The summed E-state index contributed by atoms with van der Waals surface area (Å²) >= 11 is 3.63. The van der Waals surface area contributed by atoms with Crippen molar-refractivity contribution in [1.82, 2.24) is 4.90 Å². The molecule has 0 bridgehead atoms. The molecule has 0 aliphatic carbocycles. The lowest BCUT2D eigenvalue weighted by molar-refractivity contribution is -0.130. The van der Waals surface area contributed by atoms with Gasteiger partial charge in [-0.25, -0.2) is 0 Å². The number of ether oxygens (including phenoxy) is 1. The Hall–Kier alpha value is -3.05. The summed E-state index contributed by atoms with van der Waals surface area (Å²) in [4.78, 5) is 14.9. The van der Waals surface area contributed by atoms with Gasteiger partial charge in [0.1, 0.15) is 5.75 Å². The Morgan fingerprint density at radius 3 is 2.30 bits per heavy atom. The Bertz CT molecular complexity index is 1100. The lowest BCUT2D eigenvalue weighted by Gasteiger charge is -2.28. The SMILES string of the molecule is COc1ccc(C2=C(O)C(=O)N(Cc3ccc(C)cc3)C2c2ccccc2Br)cc1. The van der Waals surface area contributed by atoms with Crippen molar-refractivity contribution in [3.05, 3.63) is 105 Å². The lowest BCUT2D eigenvalue weighted by Crippen LogP contribution is -2.30. The smallest absolute Gasteiger partial charge is 0.290 e. The fourth-order valence-corrected chi connectivity index (χ4v) is 4.29. The second kappa shape index (κ2) is 8.36. The summed E-state index contributed by atoms with van der Waals surface area (Å²) in [6, 6.07) is 22.9. The molecule has 4 nitrogen and oxygen atoms in total. The van der Waals surface area contributed by atoms with Crippen LogP contribution in [0.15, 0.2) is 83.0 Å². The first kappa shape index (κ1) is 20.2. The minimum Gasteiger partial charge on any atom is -0.503 e. The summed E-state index contributed by atoms with van der Waals surface area (Å²) in [6.07, 6.45) is 0. The molecule has 0 radical (unpaired) electrons. The van der Waals surface area contributed by atoms with Crippen molar-refractivity contribution >= 4 is 27.4 Å². The van der Waals surface area contributed by atoms with Crippen LogP contribution in [-0.2, 0) is 11.3 Å². The zero-order valence-electron chi connectivity index (χ0n) is 16.8. The van der Waals surface area contributed by atoms with Crippen molar-refractivity contribution in [2.75, 3.05) is 7.11 Å². The van der Waals surface area contributed by atoms with Gasteiger partial charge in [0, 0.05) is 16.6 Å². The predicted octanol–water partition coefficient (Wildman–Crippen LogP) is 5.82. The van der Waals surface area contributed by atoms with Crippen molar-refractivity contribution in [2.24, 2.45) is 0 Å². The number of methoxy groups -OCH3 is 1. The van der Waals surface area contributed by atoms with E-state index in [2.05, 4.69) is 15.9 Å². The Labute approximate surface area is 184 Å². The van der Waals surface area contributed by atoms with Crippen molar-refractivity contribution in [3.63, 3.8) is 0 Å². The van der Waals surface area contributed by atoms with Gasteiger partial charge in [-0.2, -0.15) is 0 Å². The van der Waals surface area contributed by atoms with E-state index in [1.807, 2.05) is 79.7 Å². The minimum absolute atomic E-state index is 0.215. The van der Waals surface area contributed by atoms with Crippen LogP contribution in [0.3, 0.4) is 0 Å². The molecular formula is C25H22BrNO3. The maximum Gasteiger partial charge on any atom is 0.290 e. The summed E-state index contributed by atoms with van der Waals surface area (Å²) in [5.74, 6) is 0.132. The highest BCUT2D eigenvalue weighted by Crippen LogP contribution is 2.45. The molecule has 1 aliphatic heterocycles. The van der Waals surface area contributed by atoms with Crippen molar-refractivity contribution in [1.29, 1.82) is 0 Å². The number of carbonyl (C=O) groups excluding carboxylic acids is 1. The molecule has 1 heterocycles. The van der Waals surface area contributed by atoms with Gasteiger partial charge in [-0.1, -0.05) is 76.1 Å². The van der Waals surface area contributed by atoms with Crippen LogP contribution in [0.4, 0.5) is 0 Å². The number of halogens is 1. The van der Waals surface area contributed by atoms with Crippen LogP contribution in [-0.4, -0.2) is 23.0 Å². The van der Waals surface area contributed by atoms with Gasteiger partial charge in [-0.3, -0.25) is 4.79 Å². The Kier molecular flexibility index (Phi) is 5.64. The van der Waals surface area contributed by atoms with E-state index in [0.717, 1.165) is 32.5 Å². The number of hydrogen-bond donors (Lipinski definition) is 1. The average Bonchev–Trinajstić information content (AvgIpc) is 3.00. The van der Waals surface area contributed by atoms with Gasteiger partial charge in [0.2, 0.25) is 0 Å². The predicted molar refractivity (Wildman–Crippen MR) is 121 cm³/mol. The molecule has 0 saturated heterocycles. The number of aliphatic hydroxyl groups excluding tert-OH is 1. The highest BCUT2D eigenvalue weighted by Gasteiger charge is 2.41. The van der Waals surface area contributed by atoms with Gasteiger partial charge >= 0.3 is 0 Å². The summed E-state index contributed by atoms with van der Waals surface area (Å²) in [7, 11) is 1.61. The Morgan fingerprint density at radius 1 is 1.00 bits per heavy atom. The van der Waals surface area contributed by atoms with Crippen LogP contribution in [0.1, 0.15) is 28.3 Å². The molecule has 1 N–H and O–H groups in total. The molecule has 30 heavy (non-hydrogen) atoms. The number of hydrogen-bond acceptors (Lipinski definition) is 3. The molecule has 3 aromatic rings. The van der Waals surface area contributed by atoms with Crippen LogP contribution in [0.2, 0.25) is 0 Å². The van der Waals surface area contributed by atoms with E-state index in [0.29, 0.717) is 12.1 Å². The molecule has 1 atom stereocenters. The van der Waals surface area contributed by atoms with E-state index in [9.17, 15) is 9.90 Å². The van der Waals surface area contributed by atoms with Gasteiger partial charge in [-0.15, -0.1) is 0 Å². The van der Waals surface area contributed by atoms with E-state index >= 15 is 0 Å². The van der Waals surface area contributed by atoms with Crippen molar-refractivity contribution in [2.45, 2.75) is 19.5 Å². The number of carbonyl (C=O) groups is 1. The minimum atomic E-state index is -0.414. The first-order valence-corrected chi connectivity index (χ1v) is 10.5. The lowest BCUT2D eigenvalue weighted by atomic mass is 9.93. The third-order valence-corrected chi connectivity index (χ3v) is 6.10. The van der Waals surface area contributed by atoms with Gasteiger partial charge < -0.3 is 14.7 Å². The summed E-state index contributed by atoms with van der Waals surface area (Å²) in [5.41, 5.74) is 4.48. The summed E-state index contributed by atoms with van der Waals surface area (Å²) in [6.45, 7) is 2.43. The number of aliphatic hydroxyl groups is 1. The number of benzene rings is 3. The zero-order valence-corrected chi connectivity index (χ0v) is 18.4. The fraction of sp³-hybridized carbons (Fsp3) is 0.160. The first-order chi connectivity index (χ1) is 14.5. The van der Waals surface area contributed by atoms with Crippen LogP contribution in [0.5, 0.6) is 5.75 Å². The number of amides is 1. The normalized spacial score (nSPS) is 16.3. The van der Waals surface area contributed by atoms with E-state index < -0.39 is 6.04 Å². The van der Waals surface area contributed by atoms with Crippen LogP contribution in [0.25, 0.3) is 5.57 Å². The van der Waals surface area contributed by atoms with Gasteiger partial charge in [-0.05, 0) is 41.8 Å². The maximum atomic E-state index is 13.2. The first-order valence-electron chi connectivity index (χ1n) is 9.68. The van der Waals surface area contributed by atoms with E-state index in [4.69, 9.17) is 4.74 Å². The van der Waals surface area contributed by atoms with Crippen LogP contribution in [0, 0.1) is 6.92 Å². The summed E-state index contributed by atoms with van der Waals surface area (Å²) < 4.78 is 6.14. The van der Waals surface area contributed by atoms with Gasteiger partial charge in [0.15, 0.2) is 5.76 Å². The molecule has 1 aliphatic rings. The third-order valence-electron chi connectivity index (χ3n) is 5.38.